The number of aliphatic imine (C=N–C) groups is 1. The first-order valence-corrected chi connectivity index (χ1v) is 4.70. The number of carboxylic acid groups (broad SMARTS) is 1. The van der Waals surface area contributed by atoms with Crippen molar-refractivity contribution < 1.29 is 34.5 Å². The molecule has 8 heteroatoms. The summed E-state index contributed by atoms with van der Waals surface area (Å²) in [5, 5.41) is 21.8. The van der Waals surface area contributed by atoms with Crippen molar-refractivity contribution in [2.75, 3.05) is 6.54 Å². The fourth-order valence-corrected chi connectivity index (χ4v) is 1.13. The van der Waals surface area contributed by atoms with Gasteiger partial charge in [-0.3, -0.25) is 4.99 Å². The Bertz CT molecular complexity index is 366. The van der Waals surface area contributed by atoms with Gasteiger partial charge in [-0.1, -0.05) is 0 Å². The van der Waals surface area contributed by atoms with Crippen LogP contribution in [0.1, 0.15) is 12.1 Å². The summed E-state index contributed by atoms with van der Waals surface area (Å²) < 4.78 is 0. The Hall–Kier alpha value is -1.27. The van der Waals surface area contributed by atoms with E-state index in [0.717, 1.165) is 0 Å². The van der Waals surface area contributed by atoms with Gasteiger partial charge >= 0.3 is 19.5 Å². The van der Waals surface area contributed by atoms with Gasteiger partial charge < -0.3 is 25.7 Å². The van der Waals surface area contributed by atoms with Crippen molar-refractivity contribution in [3.05, 3.63) is 24.0 Å². The molecule has 1 rings (SSSR count). The van der Waals surface area contributed by atoms with E-state index in [1.165, 1.54) is 12.5 Å². The number of hydrogen-bond acceptors (Lipinski definition) is 5. The van der Waals surface area contributed by atoms with Crippen molar-refractivity contribution in [3.63, 3.8) is 0 Å². The van der Waals surface area contributed by atoms with Crippen LogP contribution in [0.4, 0.5) is 0 Å². The third kappa shape index (κ3) is 5.56. The molecule has 2 N–H and O–H groups in total. The van der Waals surface area contributed by atoms with Crippen LogP contribution in [-0.2, 0) is 30.7 Å². The van der Waals surface area contributed by atoms with Crippen molar-refractivity contribution in [1.29, 1.82) is 0 Å². The average Bonchev–Trinajstić information content (AvgIpc) is 2.69. The summed E-state index contributed by atoms with van der Waals surface area (Å²) in [4.78, 5) is 20.6. The van der Waals surface area contributed by atoms with Crippen LogP contribution in [0.2, 0.25) is 0 Å². The van der Waals surface area contributed by atoms with Crippen LogP contribution >= 0.6 is 0 Å². The SMILES string of the molecule is [NH-]CCC([O-])=N[C@@H](Cc1cnc[nH]1)C(=O)[O-].[Zn+2]. The molecule has 0 aromatic carbocycles. The van der Waals surface area contributed by atoms with Gasteiger partial charge in [0.15, 0.2) is 0 Å². The number of rotatable bonds is 6. The minimum absolute atomic E-state index is 0. The van der Waals surface area contributed by atoms with Gasteiger partial charge in [0.05, 0.1) is 18.3 Å². The van der Waals surface area contributed by atoms with E-state index in [-0.39, 0.29) is 38.9 Å². The molecular weight excluding hydrogens is 278 g/mol. The topological polar surface area (TPSA) is 128 Å². The Morgan fingerprint density at radius 3 is 2.76 bits per heavy atom. The van der Waals surface area contributed by atoms with Crippen molar-refractivity contribution in [1.82, 2.24) is 9.97 Å². The molecule has 0 aliphatic rings. The maximum absolute atomic E-state index is 11.1. The second-order valence-electron chi connectivity index (χ2n) is 3.14. The van der Waals surface area contributed by atoms with E-state index in [2.05, 4.69) is 15.0 Å². The number of aromatic nitrogens is 2. The van der Waals surface area contributed by atoms with Crippen LogP contribution in [0.5, 0.6) is 0 Å². The van der Waals surface area contributed by atoms with E-state index >= 15 is 0 Å². The first-order chi connectivity index (χ1) is 7.63. The number of nitrogens with one attached hydrogen (secondary N) is 2. The molecule has 17 heavy (non-hydrogen) atoms. The molecule has 1 aromatic rings. The number of H-pyrrole nitrogens is 1. The number of aromatic amines is 1. The standard InChI is InChI=1S/C9H13N4O3.Zn/c10-2-1-8(14)13-7(9(15)16)3-6-4-11-5-12-6;/h4-5,7,10H,1-3H2,(H,11,12)(H,13,14)(H,15,16);/q-1;+2/p-2/t7-;/m0./s1. The van der Waals surface area contributed by atoms with E-state index in [1.54, 1.807) is 0 Å². The first kappa shape index (κ1) is 15.7. The molecule has 0 unspecified atom stereocenters. The van der Waals surface area contributed by atoms with Crippen LogP contribution in [0, 0.1) is 0 Å². The Kier molecular flexibility index (Phi) is 7.33. The molecule has 7 nitrogen and oxygen atoms in total. The molecule has 0 aliphatic carbocycles. The number of carbonyl (C=O) groups is 1. The molecule has 0 radical (unpaired) electrons. The van der Waals surface area contributed by atoms with Crippen molar-refractivity contribution in [2.24, 2.45) is 4.99 Å². The molecule has 0 fully saturated rings. The number of carboxylic acids is 1. The quantitative estimate of drug-likeness (QED) is 0.379. The number of hydrogen-bond donors (Lipinski definition) is 1. The second kappa shape index (κ2) is 7.92. The third-order valence-corrected chi connectivity index (χ3v) is 1.88. The molecule has 1 heterocycles. The van der Waals surface area contributed by atoms with Gasteiger partial charge in [-0.15, -0.1) is 6.54 Å². The Morgan fingerprint density at radius 2 is 2.29 bits per heavy atom. The Balaban J connectivity index is 0.00000256. The van der Waals surface area contributed by atoms with E-state index in [1.807, 2.05) is 0 Å². The molecule has 1 aromatic heterocycles. The molecule has 0 saturated carbocycles. The Labute approximate surface area is 111 Å². The number of imidazole rings is 1. The zero-order valence-electron chi connectivity index (χ0n) is 9.18. The molecular formula is C9H11N4O3Zn-. The molecule has 0 amide bonds. The predicted octanol–water partition coefficient (Wildman–Crippen LogP) is -1.73. The van der Waals surface area contributed by atoms with E-state index in [0.29, 0.717) is 5.69 Å². The van der Waals surface area contributed by atoms with Gasteiger partial charge in [-0.2, -0.15) is 0 Å². The maximum Gasteiger partial charge on any atom is 2.00 e. The van der Waals surface area contributed by atoms with Gasteiger partial charge in [0.2, 0.25) is 0 Å². The summed E-state index contributed by atoms with van der Waals surface area (Å²) in [5.74, 6) is -2.00. The van der Waals surface area contributed by atoms with Crippen molar-refractivity contribution in [2.45, 2.75) is 18.9 Å². The summed E-state index contributed by atoms with van der Waals surface area (Å²) in [5.41, 5.74) is 7.39. The van der Waals surface area contributed by atoms with Gasteiger partial charge in [0.1, 0.15) is 0 Å². The molecule has 0 aliphatic heterocycles. The van der Waals surface area contributed by atoms with Gasteiger partial charge in [0.25, 0.3) is 0 Å². The number of carbonyl (C=O) groups excluding carboxylic acids is 1. The summed E-state index contributed by atoms with van der Waals surface area (Å²) in [6.45, 7) is -0.105. The minimum atomic E-state index is -1.41. The fourth-order valence-electron chi connectivity index (χ4n) is 1.13. The second-order valence-corrected chi connectivity index (χ2v) is 3.14. The fraction of sp³-hybridized carbons (Fsp3) is 0.444. The summed E-state index contributed by atoms with van der Waals surface area (Å²) in [7, 11) is 0. The smallest absolute Gasteiger partial charge is 0.862 e. The van der Waals surface area contributed by atoms with Gasteiger partial charge in [0, 0.05) is 18.3 Å². The van der Waals surface area contributed by atoms with E-state index in [4.69, 9.17) is 5.73 Å². The van der Waals surface area contributed by atoms with Crippen molar-refractivity contribution in [3.8, 4) is 0 Å². The zero-order chi connectivity index (χ0) is 12.0. The monoisotopic (exact) mass is 287 g/mol. The predicted molar refractivity (Wildman–Crippen MR) is 52.3 cm³/mol. The molecule has 88 valence electrons. The normalized spacial score (nSPS) is 12.9. The molecule has 0 spiro atoms. The average molecular weight is 289 g/mol. The van der Waals surface area contributed by atoms with E-state index in [9.17, 15) is 15.0 Å². The summed E-state index contributed by atoms with van der Waals surface area (Å²) >= 11 is 0. The zero-order valence-corrected chi connectivity index (χ0v) is 12.1. The first-order valence-electron chi connectivity index (χ1n) is 4.70. The van der Waals surface area contributed by atoms with Crippen LogP contribution in [-0.4, -0.2) is 34.4 Å². The van der Waals surface area contributed by atoms with Gasteiger partial charge in [-0.25, -0.2) is 4.98 Å². The summed E-state index contributed by atoms with van der Waals surface area (Å²) in [6, 6.07) is -1.22. The molecule has 0 bridgehead atoms. The largest absolute Gasteiger partial charge is 2.00 e. The maximum atomic E-state index is 11.1. The van der Waals surface area contributed by atoms with Crippen molar-refractivity contribution >= 4 is 11.9 Å². The van der Waals surface area contributed by atoms with Gasteiger partial charge in [-0.05, 0) is 12.3 Å². The Morgan fingerprint density at radius 1 is 1.59 bits per heavy atom. The summed E-state index contributed by atoms with van der Waals surface area (Å²) in [6.07, 6.45) is 2.83. The number of nitrogens with zero attached hydrogens (tertiary/aromatic N) is 2. The third-order valence-electron chi connectivity index (χ3n) is 1.88. The minimum Gasteiger partial charge on any atom is -0.862 e. The molecule has 1 atom stereocenters. The van der Waals surface area contributed by atoms with Crippen LogP contribution < -0.4 is 10.2 Å². The number of aliphatic carboxylic acids is 1. The van der Waals surface area contributed by atoms with Crippen LogP contribution in [0.25, 0.3) is 5.73 Å². The van der Waals surface area contributed by atoms with Crippen LogP contribution in [0.3, 0.4) is 0 Å². The van der Waals surface area contributed by atoms with E-state index < -0.39 is 17.9 Å². The van der Waals surface area contributed by atoms with Crippen LogP contribution in [0.15, 0.2) is 17.5 Å². The molecule has 0 saturated heterocycles.